The van der Waals surface area contributed by atoms with E-state index in [-0.39, 0.29) is 5.88 Å². The van der Waals surface area contributed by atoms with Gasteiger partial charge >= 0.3 is 0 Å². The van der Waals surface area contributed by atoms with Crippen LogP contribution in [0.15, 0.2) is 58.8 Å². The number of fused-ring (bicyclic) bond motifs is 1. The highest BCUT2D eigenvalue weighted by molar-refractivity contribution is 5.97. The average Bonchev–Trinajstić information content (AvgIpc) is 2.92. The number of para-hydroxylation sites is 1. The van der Waals surface area contributed by atoms with E-state index in [9.17, 15) is 9.90 Å². The van der Waals surface area contributed by atoms with E-state index in [1.165, 1.54) is 0 Å². The number of aromatic hydroxyl groups is 1. The summed E-state index contributed by atoms with van der Waals surface area (Å²) in [7, 11) is 0. The summed E-state index contributed by atoms with van der Waals surface area (Å²) in [6.07, 6.45) is 3.14. The van der Waals surface area contributed by atoms with Crippen molar-refractivity contribution < 1.29 is 9.90 Å². The lowest BCUT2D eigenvalue weighted by Crippen LogP contribution is -1.96. The Morgan fingerprint density at radius 2 is 1.85 bits per heavy atom. The number of aromatic nitrogens is 1. The summed E-state index contributed by atoms with van der Waals surface area (Å²) in [5.41, 5.74) is 7.80. The lowest BCUT2D eigenvalue weighted by Gasteiger charge is -2.05. The molecule has 0 saturated heterocycles. The zero-order valence-corrected chi connectivity index (χ0v) is 14.7. The van der Waals surface area contributed by atoms with Crippen LogP contribution in [-0.4, -0.2) is 15.6 Å². The van der Waals surface area contributed by atoms with E-state index < -0.39 is 5.91 Å². The average molecular weight is 350 g/mol. The summed E-state index contributed by atoms with van der Waals surface area (Å²) < 4.78 is 1.83. The molecule has 6 heteroatoms. The van der Waals surface area contributed by atoms with Crippen molar-refractivity contribution in [3.8, 4) is 5.88 Å². The summed E-state index contributed by atoms with van der Waals surface area (Å²) in [6, 6.07) is 14.1. The topological polar surface area (TPSA) is 93.0 Å². The molecule has 1 amide bonds. The smallest absolute Gasteiger partial charge is 0.295 e. The van der Waals surface area contributed by atoms with Crippen molar-refractivity contribution in [3.63, 3.8) is 0 Å². The van der Waals surface area contributed by atoms with Crippen molar-refractivity contribution in [1.82, 2.24) is 4.57 Å². The number of nitrogens with two attached hydrogens (primary N) is 1. The first-order chi connectivity index (χ1) is 12.6. The van der Waals surface area contributed by atoms with Gasteiger partial charge in [-0.15, -0.1) is 10.2 Å². The Morgan fingerprint density at radius 1 is 1.12 bits per heavy atom. The summed E-state index contributed by atoms with van der Waals surface area (Å²) in [5, 5.41) is 19.2. The van der Waals surface area contributed by atoms with E-state index in [1.807, 2.05) is 28.8 Å². The standard InChI is InChI=1S/C20H22N4O2/c1-2-3-6-13-24-17-8-5-4-7-16(17)18(20(24)26)22-23-19(25)14-9-11-15(21)12-10-14/h4-5,7-12,26H,2-3,6,13,21H2,1H3. The van der Waals surface area contributed by atoms with Crippen LogP contribution in [0.5, 0.6) is 5.88 Å². The monoisotopic (exact) mass is 350 g/mol. The first-order valence-corrected chi connectivity index (χ1v) is 8.73. The summed E-state index contributed by atoms with van der Waals surface area (Å²) in [5.74, 6) is -0.441. The lowest BCUT2D eigenvalue weighted by atomic mass is 10.2. The Kier molecular flexibility index (Phi) is 5.31. The summed E-state index contributed by atoms with van der Waals surface area (Å²) in [6.45, 7) is 2.83. The van der Waals surface area contributed by atoms with Gasteiger partial charge in [-0.3, -0.25) is 4.79 Å². The quantitative estimate of drug-likeness (QED) is 0.370. The minimum atomic E-state index is -0.479. The third-order valence-electron chi connectivity index (χ3n) is 4.30. The normalized spacial score (nSPS) is 11.4. The van der Waals surface area contributed by atoms with Gasteiger partial charge < -0.3 is 15.4 Å². The van der Waals surface area contributed by atoms with Gasteiger partial charge in [0.1, 0.15) is 0 Å². The molecule has 3 rings (SSSR count). The van der Waals surface area contributed by atoms with Crippen LogP contribution >= 0.6 is 0 Å². The molecule has 134 valence electrons. The molecule has 0 fully saturated rings. The molecule has 1 aromatic heterocycles. The van der Waals surface area contributed by atoms with Gasteiger partial charge in [-0.2, -0.15) is 0 Å². The minimum Gasteiger partial charge on any atom is -0.493 e. The summed E-state index contributed by atoms with van der Waals surface area (Å²) >= 11 is 0. The molecule has 0 aliphatic heterocycles. The van der Waals surface area contributed by atoms with Gasteiger partial charge in [-0.25, -0.2) is 0 Å². The highest BCUT2D eigenvalue weighted by Gasteiger charge is 2.16. The maximum absolute atomic E-state index is 12.2. The Bertz CT molecular complexity index is 942. The van der Waals surface area contributed by atoms with Crippen LogP contribution in [0, 0.1) is 0 Å². The van der Waals surface area contributed by atoms with Crippen LogP contribution in [0.1, 0.15) is 36.5 Å². The van der Waals surface area contributed by atoms with Gasteiger partial charge in [0.25, 0.3) is 5.91 Å². The zero-order valence-electron chi connectivity index (χ0n) is 14.7. The number of nitrogens with zero attached hydrogens (tertiary/aromatic N) is 3. The molecule has 3 N–H and O–H groups in total. The second-order valence-corrected chi connectivity index (χ2v) is 6.18. The Labute approximate surface area is 152 Å². The Hall–Kier alpha value is -3.15. The van der Waals surface area contributed by atoms with Crippen LogP contribution in [0.2, 0.25) is 0 Å². The van der Waals surface area contributed by atoms with Gasteiger partial charge in [-0.1, -0.05) is 38.0 Å². The van der Waals surface area contributed by atoms with E-state index in [0.717, 1.165) is 30.2 Å². The third kappa shape index (κ3) is 3.59. The number of nitrogen functional groups attached to an aromatic ring is 1. The molecule has 0 spiro atoms. The van der Waals surface area contributed by atoms with E-state index in [4.69, 9.17) is 5.73 Å². The number of benzene rings is 2. The number of azo groups is 1. The number of unbranched alkanes of at least 4 members (excludes halogenated alkanes) is 2. The number of hydrogen-bond acceptors (Lipinski definition) is 4. The first kappa shape index (κ1) is 17.7. The van der Waals surface area contributed by atoms with E-state index >= 15 is 0 Å². The molecular weight excluding hydrogens is 328 g/mol. The predicted molar refractivity (Wildman–Crippen MR) is 103 cm³/mol. The molecule has 6 nitrogen and oxygen atoms in total. The number of carbonyl (C=O) groups is 1. The highest BCUT2D eigenvalue weighted by atomic mass is 16.3. The maximum Gasteiger partial charge on any atom is 0.295 e. The van der Waals surface area contributed by atoms with Crippen LogP contribution in [0.25, 0.3) is 10.9 Å². The molecule has 0 aliphatic carbocycles. The van der Waals surface area contributed by atoms with Gasteiger partial charge in [0.2, 0.25) is 5.88 Å². The van der Waals surface area contributed by atoms with E-state index in [2.05, 4.69) is 17.2 Å². The number of carbonyl (C=O) groups excluding carboxylic acids is 1. The molecule has 2 aromatic carbocycles. The molecule has 3 aromatic rings. The van der Waals surface area contributed by atoms with Gasteiger partial charge in [0.15, 0.2) is 5.69 Å². The van der Waals surface area contributed by atoms with Crippen LogP contribution < -0.4 is 5.73 Å². The van der Waals surface area contributed by atoms with Crippen LogP contribution in [0.4, 0.5) is 11.4 Å². The zero-order chi connectivity index (χ0) is 18.5. The number of rotatable bonds is 6. The SMILES string of the molecule is CCCCCn1c(O)c(N=NC(=O)c2ccc(N)cc2)c2ccccc21. The van der Waals surface area contributed by atoms with E-state index in [0.29, 0.717) is 23.5 Å². The van der Waals surface area contributed by atoms with Gasteiger partial charge in [0, 0.05) is 23.2 Å². The fourth-order valence-electron chi connectivity index (χ4n) is 2.90. The van der Waals surface area contributed by atoms with Crippen LogP contribution in [-0.2, 0) is 6.54 Å². The maximum atomic E-state index is 12.2. The molecule has 0 radical (unpaired) electrons. The van der Waals surface area contributed by atoms with Crippen LogP contribution in [0.3, 0.4) is 0 Å². The molecule has 0 aliphatic rings. The highest BCUT2D eigenvalue weighted by Crippen LogP contribution is 2.39. The first-order valence-electron chi connectivity index (χ1n) is 8.73. The van der Waals surface area contributed by atoms with Gasteiger partial charge in [-0.05, 0) is 36.8 Å². The fourth-order valence-corrected chi connectivity index (χ4v) is 2.90. The van der Waals surface area contributed by atoms with Crippen molar-refractivity contribution >= 4 is 28.2 Å². The second-order valence-electron chi connectivity index (χ2n) is 6.18. The van der Waals surface area contributed by atoms with Gasteiger partial charge in [0.05, 0.1) is 5.52 Å². The van der Waals surface area contributed by atoms with Crippen molar-refractivity contribution in [3.05, 3.63) is 54.1 Å². The molecule has 0 atom stereocenters. The third-order valence-corrected chi connectivity index (χ3v) is 4.30. The van der Waals surface area contributed by atoms with Crippen molar-refractivity contribution in [2.75, 3.05) is 5.73 Å². The number of hydrogen-bond donors (Lipinski definition) is 2. The Morgan fingerprint density at radius 3 is 2.58 bits per heavy atom. The van der Waals surface area contributed by atoms with Crippen molar-refractivity contribution in [2.24, 2.45) is 10.2 Å². The fraction of sp³-hybridized carbons (Fsp3) is 0.250. The minimum absolute atomic E-state index is 0.0381. The number of anilines is 1. The van der Waals surface area contributed by atoms with Crippen molar-refractivity contribution in [2.45, 2.75) is 32.7 Å². The van der Waals surface area contributed by atoms with E-state index in [1.54, 1.807) is 24.3 Å². The number of aryl methyl sites for hydroxylation is 1. The molecular formula is C20H22N4O2. The lowest BCUT2D eigenvalue weighted by molar-refractivity contribution is 0.0995. The molecule has 26 heavy (non-hydrogen) atoms. The molecule has 1 heterocycles. The number of amides is 1. The molecule has 0 saturated carbocycles. The predicted octanol–water partition coefficient (Wildman–Crippen LogP) is 5.04. The second kappa shape index (κ2) is 7.82. The molecule has 0 unspecified atom stereocenters. The Balaban J connectivity index is 1.93. The largest absolute Gasteiger partial charge is 0.493 e. The van der Waals surface area contributed by atoms with Crippen molar-refractivity contribution in [1.29, 1.82) is 0 Å². The molecule has 0 bridgehead atoms. The summed E-state index contributed by atoms with van der Waals surface area (Å²) in [4.78, 5) is 12.2.